The first kappa shape index (κ1) is 39.8. The lowest BCUT2D eigenvalue weighted by molar-refractivity contribution is -0.129. The molecule has 14 nitrogen and oxygen atoms in total. The summed E-state index contributed by atoms with van der Waals surface area (Å²) in [6, 6.07) is 6.79. The van der Waals surface area contributed by atoms with Crippen LogP contribution in [0.15, 0.2) is 34.2 Å². The van der Waals surface area contributed by atoms with Gasteiger partial charge in [0.2, 0.25) is 6.41 Å². The number of rotatable bonds is 6. The van der Waals surface area contributed by atoms with Crippen molar-refractivity contribution < 1.29 is 33.3 Å². The minimum atomic E-state index is -0.261. The highest BCUT2D eigenvalue weighted by Crippen LogP contribution is 2.43. The van der Waals surface area contributed by atoms with Gasteiger partial charge in [0.25, 0.3) is 17.4 Å². The van der Waals surface area contributed by atoms with Gasteiger partial charge >= 0.3 is 0 Å². The van der Waals surface area contributed by atoms with E-state index >= 15 is 0 Å². The Bertz CT molecular complexity index is 2050. The summed E-state index contributed by atoms with van der Waals surface area (Å²) in [6.07, 6.45) is 3.02. The van der Waals surface area contributed by atoms with Crippen molar-refractivity contribution in [1.29, 1.82) is 0 Å². The van der Waals surface area contributed by atoms with E-state index in [1.807, 2.05) is 13.0 Å². The van der Waals surface area contributed by atoms with E-state index in [9.17, 15) is 19.2 Å². The summed E-state index contributed by atoms with van der Waals surface area (Å²) in [5, 5.41) is 7.40. The second-order valence-electron chi connectivity index (χ2n) is 13.0. The Balaban J connectivity index is 0.000000184. The molecule has 1 aromatic heterocycles. The predicted molar refractivity (Wildman–Crippen MR) is 207 cm³/mol. The fourth-order valence-corrected chi connectivity index (χ4v) is 7.67. The van der Waals surface area contributed by atoms with E-state index in [-0.39, 0.29) is 38.0 Å². The van der Waals surface area contributed by atoms with Gasteiger partial charge in [-0.3, -0.25) is 33.9 Å². The first-order valence-corrected chi connectivity index (χ1v) is 18.6. The van der Waals surface area contributed by atoms with E-state index in [4.69, 9.17) is 65.4 Å². The van der Waals surface area contributed by atoms with Gasteiger partial charge in [0.1, 0.15) is 21.8 Å². The number of aromatic nitrogens is 2. The number of hydrogen-bond donors (Lipinski definition) is 1. The molecule has 3 aromatic rings. The van der Waals surface area contributed by atoms with E-state index < -0.39 is 0 Å². The van der Waals surface area contributed by atoms with Gasteiger partial charge in [0.15, 0.2) is 13.2 Å². The van der Waals surface area contributed by atoms with E-state index in [1.165, 1.54) is 5.01 Å². The van der Waals surface area contributed by atoms with Crippen molar-refractivity contribution in [3.63, 3.8) is 0 Å². The molecule has 2 aromatic carbocycles. The molecule has 1 saturated heterocycles. The van der Waals surface area contributed by atoms with Crippen LogP contribution >= 0.6 is 46.4 Å². The number of carbonyl (C=O) groups excluding carboxylic acids is 3. The molecule has 0 atom stereocenters. The minimum Gasteiger partial charge on any atom is -0.482 e. The monoisotopic (exact) mass is 824 g/mol. The number of amides is 3. The smallest absolute Gasteiger partial charge is 0.276 e. The molecule has 5 heterocycles. The number of ether oxygens (including phenoxy) is 4. The summed E-state index contributed by atoms with van der Waals surface area (Å²) in [6.45, 7) is 6.11. The first-order valence-electron chi connectivity index (χ1n) is 17.1. The molecule has 2 fully saturated rings. The number of nitrogens with one attached hydrogen (secondary N) is 1. The molecule has 0 bridgehead atoms. The van der Waals surface area contributed by atoms with Crippen LogP contribution in [-0.4, -0.2) is 96.9 Å². The van der Waals surface area contributed by atoms with Gasteiger partial charge in [-0.2, -0.15) is 0 Å². The second kappa shape index (κ2) is 16.8. The Hall–Kier alpha value is -3.92. The van der Waals surface area contributed by atoms with Crippen molar-refractivity contribution in [2.24, 2.45) is 5.92 Å². The zero-order valence-corrected chi connectivity index (χ0v) is 31.7. The van der Waals surface area contributed by atoms with Crippen LogP contribution in [0.4, 0.5) is 11.4 Å². The van der Waals surface area contributed by atoms with Crippen LogP contribution in [0.25, 0.3) is 16.7 Å². The van der Waals surface area contributed by atoms with Crippen LogP contribution in [0.2, 0.25) is 15.2 Å². The molecule has 18 heteroatoms. The van der Waals surface area contributed by atoms with Gasteiger partial charge in [0, 0.05) is 29.8 Å². The number of nitrogens with zero attached hydrogens (tertiary/aromatic N) is 5. The van der Waals surface area contributed by atoms with Crippen molar-refractivity contribution in [2.45, 2.75) is 40.3 Å². The van der Waals surface area contributed by atoms with Gasteiger partial charge in [-0.15, -0.1) is 0 Å². The summed E-state index contributed by atoms with van der Waals surface area (Å²) >= 11 is 26.0. The van der Waals surface area contributed by atoms with E-state index in [0.29, 0.717) is 131 Å². The quantitative estimate of drug-likeness (QED) is 0.244. The summed E-state index contributed by atoms with van der Waals surface area (Å²) in [4.78, 5) is 50.0. The molecular weight excluding hydrogens is 786 g/mol. The standard InChI is InChI=1S/C20H23Cl2N3O4.C15H13Cl2N3O4.CH4/c1-13(20(22)25-5-7-28-6-4-23(25)12-26)15-8-17-18(9-16(15)21)29-11-19(27)24(17)10-14-2-3-14;16-9-6-11-10(18-12(21)7-24-11)5-8(9)13-14(17)19-1-3-23-4-2-20(19)15(13)22;/h8-9,12,14H,2-7,10-11H2,1H3;5-6H,1-4,7H2,(H,18,21);1H4/b20-13+;;. The number of hydrazine groups is 1. The highest BCUT2D eigenvalue weighted by molar-refractivity contribution is 6.36. The lowest BCUT2D eigenvalue weighted by Crippen LogP contribution is -2.41. The molecule has 54 heavy (non-hydrogen) atoms. The minimum absolute atomic E-state index is 0. The third kappa shape index (κ3) is 8.05. The SMILES string of the molecule is C.C/C(=C(/Cl)N1CCOCCN1C=O)c1cc2c(cc1Cl)OCC(=O)N2CC1CC1.O=C1COc2cc(Cl)c(-c3c(Cl)n4n(c3=O)CCOCC4)cc2N1. The van der Waals surface area contributed by atoms with Crippen LogP contribution in [0.5, 0.6) is 11.5 Å². The third-order valence-corrected chi connectivity index (χ3v) is 10.9. The van der Waals surface area contributed by atoms with Gasteiger partial charge in [0.05, 0.1) is 79.6 Å². The highest BCUT2D eigenvalue weighted by Gasteiger charge is 2.33. The average molecular weight is 827 g/mol. The number of hydrogen-bond acceptors (Lipinski definition) is 9. The molecule has 0 spiro atoms. The molecule has 1 saturated carbocycles. The Morgan fingerprint density at radius 2 is 1.54 bits per heavy atom. The molecule has 5 aliphatic rings. The van der Waals surface area contributed by atoms with Crippen molar-refractivity contribution in [1.82, 2.24) is 19.4 Å². The van der Waals surface area contributed by atoms with E-state index in [1.54, 1.807) is 37.5 Å². The molecule has 4 aliphatic heterocycles. The van der Waals surface area contributed by atoms with Crippen LogP contribution in [-0.2, 0) is 36.9 Å². The molecule has 1 aliphatic carbocycles. The summed E-state index contributed by atoms with van der Waals surface area (Å²) in [5.41, 5.74) is 3.12. The second-order valence-corrected chi connectivity index (χ2v) is 14.5. The largest absolute Gasteiger partial charge is 0.482 e. The fourth-order valence-electron chi connectivity index (χ4n) is 6.48. The Morgan fingerprint density at radius 1 is 0.870 bits per heavy atom. The van der Waals surface area contributed by atoms with E-state index in [2.05, 4.69) is 5.32 Å². The number of halogens is 4. The molecular formula is C36H40Cl4N6O8. The molecule has 290 valence electrons. The van der Waals surface area contributed by atoms with Crippen molar-refractivity contribution in [3.8, 4) is 22.6 Å². The number of carbonyl (C=O) groups is 3. The molecule has 0 radical (unpaired) electrons. The highest BCUT2D eigenvalue weighted by atomic mass is 35.5. The van der Waals surface area contributed by atoms with Crippen molar-refractivity contribution in [2.75, 3.05) is 69.5 Å². The average Bonchev–Trinajstić information content (AvgIpc) is 3.99. The van der Waals surface area contributed by atoms with Crippen LogP contribution in [0, 0.1) is 5.92 Å². The van der Waals surface area contributed by atoms with Crippen LogP contribution in [0.1, 0.15) is 32.8 Å². The first-order chi connectivity index (χ1) is 25.5. The lowest BCUT2D eigenvalue weighted by atomic mass is 10.0. The van der Waals surface area contributed by atoms with Crippen molar-refractivity contribution >= 4 is 81.6 Å². The van der Waals surface area contributed by atoms with Gasteiger partial charge in [-0.25, -0.2) is 4.68 Å². The Labute approximate surface area is 331 Å². The van der Waals surface area contributed by atoms with Gasteiger partial charge in [-0.1, -0.05) is 53.8 Å². The topological polar surface area (TPSA) is 137 Å². The summed E-state index contributed by atoms with van der Waals surface area (Å²) in [7, 11) is 0. The fraction of sp³-hybridized carbons (Fsp3) is 0.444. The molecule has 8 rings (SSSR count). The summed E-state index contributed by atoms with van der Waals surface area (Å²) in [5.74, 6) is 1.29. The number of fused-ring (bicyclic) bond motifs is 3. The van der Waals surface area contributed by atoms with Crippen molar-refractivity contribution in [3.05, 3.63) is 60.5 Å². The number of benzene rings is 2. The molecule has 3 amide bonds. The van der Waals surface area contributed by atoms with E-state index in [0.717, 1.165) is 19.3 Å². The third-order valence-electron chi connectivity index (χ3n) is 9.45. The summed E-state index contributed by atoms with van der Waals surface area (Å²) < 4.78 is 25.0. The molecule has 0 unspecified atom stereocenters. The predicted octanol–water partition coefficient (Wildman–Crippen LogP) is 5.73. The lowest BCUT2D eigenvalue weighted by Gasteiger charge is -2.32. The molecule has 1 N–H and O–H groups in total. The maximum absolute atomic E-state index is 12.8. The maximum Gasteiger partial charge on any atom is 0.276 e. The normalized spacial score (nSPS) is 18.5. The Morgan fingerprint density at radius 3 is 2.26 bits per heavy atom. The number of allylic oxidation sites excluding steroid dienone is 1. The zero-order valence-electron chi connectivity index (χ0n) is 28.7. The van der Waals surface area contributed by atoms with Gasteiger partial charge in [-0.05, 0) is 43.4 Å². The zero-order chi connectivity index (χ0) is 37.4. The number of anilines is 2. The maximum atomic E-state index is 12.8. The van der Waals surface area contributed by atoms with Gasteiger partial charge < -0.3 is 29.2 Å². The Kier molecular flexibility index (Phi) is 12.4. The van der Waals surface area contributed by atoms with Crippen LogP contribution in [0.3, 0.4) is 0 Å². The van der Waals surface area contributed by atoms with Crippen LogP contribution < -0.4 is 25.2 Å².